The maximum atomic E-state index is 14.0. The van der Waals surface area contributed by atoms with E-state index in [9.17, 15) is 17.6 Å². The predicted molar refractivity (Wildman–Crippen MR) is 52.3 cm³/mol. The van der Waals surface area contributed by atoms with Crippen LogP contribution in [-0.2, 0) is 5.92 Å². The van der Waals surface area contributed by atoms with Gasteiger partial charge in [0.1, 0.15) is 11.4 Å². The molecule has 0 N–H and O–H groups in total. The Morgan fingerprint density at radius 1 is 1.35 bits per heavy atom. The Kier molecular flexibility index (Phi) is 1.97. The van der Waals surface area contributed by atoms with Crippen molar-refractivity contribution in [2.75, 3.05) is 0 Å². The van der Waals surface area contributed by atoms with Gasteiger partial charge >= 0.3 is 0 Å². The molecule has 1 aromatic heterocycles. The van der Waals surface area contributed by atoms with Gasteiger partial charge in [-0.05, 0) is 26.2 Å². The molecule has 0 unspecified atom stereocenters. The summed E-state index contributed by atoms with van der Waals surface area (Å²) in [6.07, 6.45) is -2.47. The fourth-order valence-corrected chi connectivity index (χ4v) is 2.79. The van der Waals surface area contributed by atoms with Crippen molar-refractivity contribution in [1.29, 1.82) is 0 Å². The Balaban J connectivity index is 2.23. The molecule has 3 rings (SSSR count). The Bertz CT molecular complexity index is 478. The molecule has 0 aliphatic heterocycles. The summed E-state index contributed by atoms with van der Waals surface area (Å²) in [5.74, 6) is -4.18. The van der Waals surface area contributed by atoms with Crippen LogP contribution in [-0.4, -0.2) is 9.78 Å². The summed E-state index contributed by atoms with van der Waals surface area (Å²) in [7, 11) is 0. The summed E-state index contributed by atoms with van der Waals surface area (Å²) in [6, 6.07) is -0.334. The SMILES string of the molecule is CC(C)n1nc(C(F)F)c2c1C(F)(F)[C@@H]1C[C@H]21. The van der Waals surface area contributed by atoms with E-state index in [0.29, 0.717) is 6.42 Å². The molecule has 2 aliphatic rings. The zero-order chi connectivity index (χ0) is 12.5. The van der Waals surface area contributed by atoms with E-state index in [1.165, 1.54) is 0 Å². The standard InChI is InChI=1S/C11H12F4N2/c1-4(2)17-9-7(8(16-17)10(12)13)5-3-6(5)11(9,14)15/h4-6,10H,3H2,1-2H3/t5-,6+/m0/s1. The Morgan fingerprint density at radius 3 is 2.53 bits per heavy atom. The molecule has 1 heterocycles. The first-order chi connectivity index (χ1) is 7.85. The third-order valence-electron chi connectivity index (χ3n) is 3.61. The van der Waals surface area contributed by atoms with Gasteiger partial charge in [0, 0.05) is 17.5 Å². The summed E-state index contributed by atoms with van der Waals surface area (Å²) in [6.45, 7) is 3.34. The second kappa shape index (κ2) is 3.03. The molecule has 94 valence electrons. The van der Waals surface area contributed by atoms with Gasteiger partial charge in [-0.1, -0.05) is 0 Å². The zero-order valence-corrected chi connectivity index (χ0v) is 9.42. The van der Waals surface area contributed by atoms with Crippen LogP contribution in [0.1, 0.15) is 55.6 Å². The summed E-state index contributed by atoms with van der Waals surface area (Å²) in [4.78, 5) is 0. The zero-order valence-electron chi connectivity index (χ0n) is 9.42. The highest BCUT2D eigenvalue weighted by molar-refractivity contribution is 5.46. The third kappa shape index (κ3) is 1.24. The monoisotopic (exact) mass is 248 g/mol. The predicted octanol–water partition coefficient (Wildman–Crippen LogP) is 3.61. The lowest BCUT2D eigenvalue weighted by Crippen LogP contribution is -2.21. The van der Waals surface area contributed by atoms with E-state index in [0.717, 1.165) is 4.68 Å². The Morgan fingerprint density at radius 2 is 2.00 bits per heavy atom. The molecule has 2 nitrogen and oxygen atoms in total. The molecule has 2 atom stereocenters. The fraction of sp³-hybridized carbons (Fsp3) is 0.727. The van der Waals surface area contributed by atoms with Crippen molar-refractivity contribution in [2.45, 2.75) is 44.6 Å². The van der Waals surface area contributed by atoms with Crippen molar-refractivity contribution in [3.63, 3.8) is 0 Å². The van der Waals surface area contributed by atoms with Gasteiger partial charge < -0.3 is 0 Å². The Hall–Kier alpha value is -1.07. The molecule has 0 saturated heterocycles. The topological polar surface area (TPSA) is 17.8 Å². The highest BCUT2D eigenvalue weighted by Crippen LogP contribution is 2.68. The van der Waals surface area contributed by atoms with Crippen LogP contribution in [0.15, 0.2) is 0 Å². The van der Waals surface area contributed by atoms with Crippen molar-refractivity contribution in [3.8, 4) is 0 Å². The minimum Gasteiger partial charge on any atom is -0.260 e. The molecule has 1 saturated carbocycles. The van der Waals surface area contributed by atoms with Crippen LogP contribution in [0.25, 0.3) is 0 Å². The van der Waals surface area contributed by atoms with E-state index in [-0.39, 0.29) is 17.3 Å². The van der Waals surface area contributed by atoms with E-state index in [2.05, 4.69) is 5.10 Å². The molecular formula is C11H12F4N2. The lowest BCUT2D eigenvalue weighted by Gasteiger charge is -2.17. The lowest BCUT2D eigenvalue weighted by molar-refractivity contribution is -0.0319. The molecule has 0 bridgehead atoms. The second-order valence-electron chi connectivity index (χ2n) is 5.06. The van der Waals surface area contributed by atoms with Crippen molar-refractivity contribution in [2.24, 2.45) is 5.92 Å². The largest absolute Gasteiger partial charge is 0.293 e. The Labute approximate surface area is 95.6 Å². The fourth-order valence-electron chi connectivity index (χ4n) is 2.79. The number of aromatic nitrogens is 2. The van der Waals surface area contributed by atoms with Gasteiger partial charge in [0.15, 0.2) is 0 Å². The molecule has 6 heteroatoms. The highest BCUT2D eigenvalue weighted by Gasteiger charge is 2.67. The molecule has 0 radical (unpaired) electrons. The normalized spacial score (nSPS) is 28.7. The molecular weight excluding hydrogens is 236 g/mol. The maximum absolute atomic E-state index is 14.0. The number of halogens is 4. The summed E-state index contributed by atoms with van der Waals surface area (Å²) in [5, 5.41) is 3.69. The minimum absolute atomic E-state index is 0.115. The second-order valence-corrected chi connectivity index (χ2v) is 5.06. The average Bonchev–Trinajstić information content (AvgIpc) is 2.83. The van der Waals surface area contributed by atoms with Gasteiger partial charge in [0.05, 0.1) is 0 Å². The van der Waals surface area contributed by atoms with Gasteiger partial charge in [0.25, 0.3) is 12.3 Å². The van der Waals surface area contributed by atoms with Gasteiger partial charge in [0.2, 0.25) is 0 Å². The first-order valence-electron chi connectivity index (χ1n) is 5.64. The maximum Gasteiger partial charge on any atom is 0.293 e. The van der Waals surface area contributed by atoms with Crippen LogP contribution in [0.5, 0.6) is 0 Å². The summed E-state index contributed by atoms with van der Waals surface area (Å²) >= 11 is 0. The van der Waals surface area contributed by atoms with Crippen LogP contribution in [0, 0.1) is 5.92 Å². The van der Waals surface area contributed by atoms with Gasteiger partial charge in [-0.25, -0.2) is 8.78 Å². The molecule has 17 heavy (non-hydrogen) atoms. The van der Waals surface area contributed by atoms with E-state index >= 15 is 0 Å². The third-order valence-corrected chi connectivity index (χ3v) is 3.61. The van der Waals surface area contributed by atoms with Crippen molar-refractivity contribution in [3.05, 3.63) is 17.0 Å². The van der Waals surface area contributed by atoms with Crippen molar-refractivity contribution in [1.82, 2.24) is 9.78 Å². The molecule has 1 fully saturated rings. The van der Waals surface area contributed by atoms with E-state index in [4.69, 9.17) is 0 Å². The first kappa shape index (κ1) is 11.0. The van der Waals surface area contributed by atoms with Crippen LogP contribution in [0.2, 0.25) is 0 Å². The molecule has 0 amide bonds. The van der Waals surface area contributed by atoms with Crippen molar-refractivity contribution >= 4 is 0 Å². The first-order valence-corrected chi connectivity index (χ1v) is 5.64. The van der Waals surface area contributed by atoms with Crippen LogP contribution in [0.3, 0.4) is 0 Å². The molecule has 1 aromatic rings. The van der Waals surface area contributed by atoms with E-state index in [1.807, 2.05) is 0 Å². The van der Waals surface area contributed by atoms with Gasteiger partial charge in [-0.3, -0.25) is 4.68 Å². The van der Waals surface area contributed by atoms with Gasteiger partial charge in [-0.2, -0.15) is 13.9 Å². The quantitative estimate of drug-likeness (QED) is 0.731. The van der Waals surface area contributed by atoms with Crippen molar-refractivity contribution < 1.29 is 17.6 Å². The minimum atomic E-state index is -3.00. The summed E-state index contributed by atoms with van der Waals surface area (Å²) < 4.78 is 54.6. The lowest BCUT2D eigenvalue weighted by atomic mass is 10.1. The molecule has 0 aromatic carbocycles. The molecule has 2 aliphatic carbocycles. The molecule has 0 spiro atoms. The average molecular weight is 248 g/mol. The smallest absolute Gasteiger partial charge is 0.260 e. The van der Waals surface area contributed by atoms with Gasteiger partial charge in [-0.15, -0.1) is 0 Å². The number of rotatable bonds is 2. The number of alkyl halides is 4. The van der Waals surface area contributed by atoms with E-state index < -0.39 is 29.9 Å². The number of hydrogen-bond donors (Lipinski definition) is 0. The van der Waals surface area contributed by atoms with Crippen LogP contribution < -0.4 is 0 Å². The number of fused-ring (bicyclic) bond motifs is 3. The van der Waals surface area contributed by atoms with Crippen LogP contribution in [0.4, 0.5) is 17.6 Å². The van der Waals surface area contributed by atoms with Crippen LogP contribution >= 0.6 is 0 Å². The number of hydrogen-bond acceptors (Lipinski definition) is 1. The number of nitrogens with zero attached hydrogens (tertiary/aromatic N) is 2. The highest BCUT2D eigenvalue weighted by atomic mass is 19.3. The summed E-state index contributed by atoms with van der Waals surface area (Å²) in [5.41, 5.74) is -0.605. The van der Waals surface area contributed by atoms with E-state index in [1.54, 1.807) is 13.8 Å².